The van der Waals surface area contributed by atoms with Crippen molar-refractivity contribution in [2.45, 2.75) is 11.9 Å². The molecule has 27 heavy (non-hydrogen) atoms. The maximum Gasteiger partial charge on any atom is 0.212 e. The van der Waals surface area contributed by atoms with Crippen molar-refractivity contribution in [3.63, 3.8) is 0 Å². The number of rotatable bonds is 5. The van der Waals surface area contributed by atoms with E-state index in [9.17, 15) is 0 Å². The summed E-state index contributed by atoms with van der Waals surface area (Å²) in [7, 11) is 0. The van der Waals surface area contributed by atoms with Crippen LogP contribution in [-0.4, -0.2) is 4.98 Å². The van der Waals surface area contributed by atoms with E-state index in [0.29, 0.717) is 0 Å². The lowest BCUT2D eigenvalue weighted by atomic mass is 10.1. The molecule has 0 radical (unpaired) electrons. The Balaban J connectivity index is 1.62. The smallest absolute Gasteiger partial charge is 0.212 e. The van der Waals surface area contributed by atoms with E-state index < -0.39 is 0 Å². The molecule has 0 N–H and O–H groups in total. The molecular weight excluding hydrogens is 396 g/mol. The van der Waals surface area contributed by atoms with Crippen LogP contribution in [0.15, 0.2) is 97.3 Å². The zero-order valence-corrected chi connectivity index (χ0v) is 16.5. The summed E-state index contributed by atoms with van der Waals surface area (Å²) in [6, 6.07) is 29.7. The first-order valence-electron chi connectivity index (χ1n) is 8.97. The van der Waals surface area contributed by atoms with E-state index in [2.05, 4.69) is 98.4 Å². The highest BCUT2D eigenvalue weighted by Gasteiger charge is 2.13. The lowest BCUT2D eigenvalue weighted by molar-refractivity contribution is -0.677. The summed E-state index contributed by atoms with van der Waals surface area (Å²) >= 11 is 3.50. The van der Waals surface area contributed by atoms with E-state index in [0.717, 1.165) is 23.1 Å². The van der Waals surface area contributed by atoms with Crippen LogP contribution in [0.25, 0.3) is 22.5 Å². The molecule has 0 unspecified atom stereocenters. The van der Waals surface area contributed by atoms with Crippen LogP contribution in [0.2, 0.25) is 0 Å². The maximum atomic E-state index is 4.43. The van der Waals surface area contributed by atoms with Gasteiger partial charge >= 0.3 is 0 Å². The lowest BCUT2D eigenvalue weighted by Crippen LogP contribution is -2.36. The summed E-state index contributed by atoms with van der Waals surface area (Å²) in [5.41, 5.74) is 7.12. The number of halogens is 1. The molecular formula is C24H20BrN2+. The number of benzene rings is 2. The first-order chi connectivity index (χ1) is 13.3. The van der Waals surface area contributed by atoms with Crippen LogP contribution in [0.3, 0.4) is 0 Å². The minimum Gasteiger partial charge on any atom is -0.256 e. The van der Waals surface area contributed by atoms with E-state index in [1.54, 1.807) is 0 Å². The Kier molecular flexibility index (Phi) is 5.40. The quantitative estimate of drug-likeness (QED) is 0.304. The summed E-state index contributed by atoms with van der Waals surface area (Å²) in [6.07, 6.45) is 3.97. The van der Waals surface area contributed by atoms with E-state index in [4.69, 9.17) is 0 Å². The van der Waals surface area contributed by atoms with Crippen LogP contribution >= 0.6 is 15.9 Å². The van der Waals surface area contributed by atoms with E-state index in [1.165, 1.54) is 22.4 Å². The molecule has 4 aromatic rings. The van der Waals surface area contributed by atoms with Gasteiger partial charge in [-0.1, -0.05) is 58.4 Å². The predicted molar refractivity (Wildman–Crippen MR) is 113 cm³/mol. The summed E-state index contributed by atoms with van der Waals surface area (Å²) in [5.74, 6) is 0. The van der Waals surface area contributed by atoms with Crippen molar-refractivity contribution in [2.24, 2.45) is 0 Å². The van der Waals surface area contributed by atoms with Crippen molar-refractivity contribution < 1.29 is 4.57 Å². The first kappa shape index (κ1) is 17.6. The normalized spacial score (nSPS) is 10.7. The molecule has 0 amide bonds. The van der Waals surface area contributed by atoms with Crippen LogP contribution in [-0.2, 0) is 11.9 Å². The Morgan fingerprint density at radius 2 is 1.41 bits per heavy atom. The molecule has 0 bridgehead atoms. The van der Waals surface area contributed by atoms with E-state index >= 15 is 0 Å². The van der Waals surface area contributed by atoms with Crippen LogP contribution in [0.5, 0.6) is 0 Å². The number of pyridine rings is 2. The van der Waals surface area contributed by atoms with E-state index in [1.807, 2.05) is 24.4 Å². The summed E-state index contributed by atoms with van der Waals surface area (Å²) in [6.45, 7) is 0.848. The second-order valence-electron chi connectivity index (χ2n) is 6.46. The second kappa shape index (κ2) is 8.28. The summed E-state index contributed by atoms with van der Waals surface area (Å²) in [4.78, 5) is 4.43. The molecule has 2 heterocycles. The Hall–Kier alpha value is -2.78. The molecule has 0 fully saturated rings. The molecule has 0 saturated carbocycles. The van der Waals surface area contributed by atoms with Crippen LogP contribution in [0.1, 0.15) is 11.1 Å². The van der Waals surface area contributed by atoms with Crippen molar-refractivity contribution in [1.82, 2.24) is 4.98 Å². The van der Waals surface area contributed by atoms with Gasteiger partial charge in [0.2, 0.25) is 5.69 Å². The summed E-state index contributed by atoms with van der Waals surface area (Å²) in [5, 5.41) is 0.889. The van der Waals surface area contributed by atoms with Gasteiger partial charge in [-0.05, 0) is 35.9 Å². The van der Waals surface area contributed by atoms with Gasteiger partial charge in [-0.2, -0.15) is 4.57 Å². The van der Waals surface area contributed by atoms with E-state index in [-0.39, 0.29) is 0 Å². The molecule has 0 aliphatic rings. The van der Waals surface area contributed by atoms with Crippen LogP contribution < -0.4 is 4.57 Å². The molecule has 3 heteroatoms. The highest BCUT2D eigenvalue weighted by atomic mass is 79.9. The number of aromatic nitrogens is 2. The number of nitrogens with zero attached hydrogens (tertiary/aromatic N) is 2. The van der Waals surface area contributed by atoms with Gasteiger partial charge in [0.05, 0.1) is 5.69 Å². The van der Waals surface area contributed by atoms with Gasteiger partial charge in [0, 0.05) is 40.4 Å². The molecule has 4 rings (SSSR count). The fourth-order valence-electron chi connectivity index (χ4n) is 3.15. The third-order valence-corrected chi connectivity index (χ3v) is 5.26. The predicted octanol–water partition coefficient (Wildman–Crippen LogP) is 5.65. The Labute approximate surface area is 168 Å². The molecule has 0 saturated heterocycles. The molecule has 2 aromatic carbocycles. The molecule has 0 spiro atoms. The van der Waals surface area contributed by atoms with Crippen molar-refractivity contribution >= 4 is 15.9 Å². The first-order valence-corrected chi connectivity index (χ1v) is 10.1. The molecule has 0 aliphatic carbocycles. The number of alkyl halides is 1. The van der Waals surface area contributed by atoms with Gasteiger partial charge < -0.3 is 0 Å². The molecule has 132 valence electrons. The minimum atomic E-state index is 0.848. The highest BCUT2D eigenvalue weighted by molar-refractivity contribution is 9.08. The van der Waals surface area contributed by atoms with Crippen molar-refractivity contribution in [1.29, 1.82) is 0 Å². The Morgan fingerprint density at radius 1 is 0.704 bits per heavy atom. The Morgan fingerprint density at radius 3 is 2.11 bits per heavy atom. The van der Waals surface area contributed by atoms with Crippen molar-refractivity contribution in [3.05, 3.63) is 108 Å². The maximum absolute atomic E-state index is 4.43. The fourth-order valence-corrected chi connectivity index (χ4v) is 3.53. The van der Waals surface area contributed by atoms with Gasteiger partial charge in [-0.15, -0.1) is 0 Å². The average Bonchev–Trinajstić information content (AvgIpc) is 2.75. The zero-order chi connectivity index (χ0) is 18.5. The van der Waals surface area contributed by atoms with Crippen molar-refractivity contribution in [3.8, 4) is 22.5 Å². The molecule has 2 aromatic heterocycles. The second-order valence-corrected chi connectivity index (χ2v) is 7.02. The third kappa shape index (κ3) is 4.15. The summed E-state index contributed by atoms with van der Waals surface area (Å²) < 4.78 is 2.29. The van der Waals surface area contributed by atoms with Crippen LogP contribution in [0, 0.1) is 0 Å². The van der Waals surface area contributed by atoms with Crippen LogP contribution in [0.4, 0.5) is 0 Å². The van der Waals surface area contributed by atoms with Gasteiger partial charge in [0.15, 0.2) is 12.7 Å². The van der Waals surface area contributed by atoms with Crippen molar-refractivity contribution in [2.75, 3.05) is 0 Å². The van der Waals surface area contributed by atoms with Gasteiger partial charge in [0.1, 0.15) is 0 Å². The SMILES string of the molecule is BrCc1ccc(C[n+]2ccccc2-c2ccc(-c3ccccn3)cc2)cc1. The minimum absolute atomic E-state index is 0.848. The van der Waals surface area contributed by atoms with Gasteiger partial charge in [-0.25, -0.2) is 0 Å². The lowest BCUT2D eigenvalue weighted by Gasteiger charge is -2.06. The topological polar surface area (TPSA) is 16.8 Å². The molecule has 0 aliphatic heterocycles. The standard InChI is InChI=1S/C24H20BrN2/c25-17-19-7-9-20(10-8-19)18-27-16-4-2-6-24(27)22-13-11-21(12-14-22)23-5-1-3-15-26-23/h1-16H,17-18H2/q+1. The number of hydrogen-bond donors (Lipinski definition) is 0. The third-order valence-electron chi connectivity index (χ3n) is 4.61. The largest absolute Gasteiger partial charge is 0.256 e. The molecule has 0 atom stereocenters. The average molecular weight is 416 g/mol. The number of hydrogen-bond acceptors (Lipinski definition) is 1. The fraction of sp³-hybridized carbons (Fsp3) is 0.0833. The van der Waals surface area contributed by atoms with Gasteiger partial charge in [0.25, 0.3) is 0 Å². The zero-order valence-electron chi connectivity index (χ0n) is 14.9. The van der Waals surface area contributed by atoms with Gasteiger partial charge in [-0.3, -0.25) is 4.98 Å². The highest BCUT2D eigenvalue weighted by Crippen LogP contribution is 2.22. The Bertz CT molecular complexity index is 1010. The monoisotopic (exact) mass is 415 g/mol. The molecule has 2 nitrogen and oxygen atoms in total.